The van der Waals surface area contributed by atoms with Crippen LogP contribution in [0.25, 0.3) is 6.08 Å². The predicted octanol–water partition coefficient (Wildman–Crippen LogP) is 5.85. The van der Waals surface area contributed by atoms with Crippen LogP contribution in [-0.2, 0) is 19.1 Å². The Kier molecular flexibility index (Phi) is 7.98. The van der Waals surface area contributed by atoms with Crippen LogP contribution in [0.5, 0.6) is 5.75 Å². The Hall–Kier alpha value is -4.36. The van der Waals surface area contributed by atoms with E-state index in [9.17, 15) is 14.4 Å². The van der Waals surface area contributed by atoms with Crippen molar-refractivity contribution in [3.8, 4) is 5.75 Å². The molecule has 0 spiro atoms. The summed E-state index contributed by atoms with van der Waals surface area (Å²) in [5, 5.41) is 3.24. The molecule has 4 rings (SSSR count). The second-order valence-electron chi connectivity index (χ2n) is 8.84. The van der Waals surface area contributed by atoms with E-state index in [1.54, 1.807) is 61.5 Å². The summed E-state index contributed by atoms with van der Waals surface area (Å²) in [6.07, 6.45) is 1.65. The monoisotopic (exact) mass is 530 g/mol. The van der Waals surface area contributed by atoms with Crippen LogP contribution in [0.4, 0.5) is 11.4 Å². The third-order valence-corrected chi connectivity index (χ3v) is 6.44. The van der Waals surface area contributed by atoms with Crippen molar-refractivity contribution >= 4 is 46.8 Å². The van der Waals surface area contributed by atoms with Crippen molar-refractivity contribution in [2.24, 2.45) is 0 Å². The second-order valence-corrected chi connectivity index (χ2v) is 9.27. The molecule has 1 aliphatic heterocycles. The van der Waals surface area contributed by atoms with E-state index in [1.165, 1.54) is 12.0 Å². The number of rotatable bonds is 7. The number of carbonyl (C=O) groups excluding carboxylic acids is 3. The van der Waals surface area contributed by atoms with Gasteiger partial charge >= 0.3 is 5.97 Å². The highest BCUT2D eigenvalue weighted by Crippen LogP contribution is 2.36. The van der Waals surface area contributed by atoms with E-state index >= 15 is 0 Å². The number of anilines is 2. The minimum atomic E-state index is -0.584. The maximum Gasteiger partial charge on any atom is 0.340 e. The normalized spacial score (nSPS) is 14.2. The van der Waals surface area contributed by atoms with E-state index in [2.05, 4.69) is 5.32 Å². The highest BCUT2D eigenvalue weighted by Gasteiger charge is 2.38. The van der Waals surface area contributed by atoms with Gasteiger partial charge < -0.3 is 14.8 Å². The quantitative estimate of drug-likeness (QED) is 0.306. The van der Waals surface area contributed by atoms with E-state index < -0.39 is 5.97 Å². The largest absolute Gasteiger partial charge is 0.484 e. The Morgan fingerprint density at radius 3 is 2.37 bits per heavy atom. The predicted molar refractivity (Wildman–Crippen MR) is 148 cm³/mol. The van der Waals surface area contributed by atoms with Gasteiger partial charge in [-0.3, -0.25) is 14.5 Å². The molecule has 1 aliphatic rings. The van der Waals surface area contributed by atoms with Gasteiger partial charge in [0.15, 0.2) is 6.61 Å². The van der Waals surface area contributed by atoms with Gasteiger partial charge in [0, 0.05) is 22.1 Å². The average Bonchev–Trinajstić information content (AvgIpc) is 3.13. The summed E-state index contributed by atoms with van der Waals surface area (Å²) < 4.78 is 10.6. The van der Waals surface area contributed by atoms with Gasteiger partial charge in [0.05, 0.1) is 18.3 Å². The molecule has 38 heavy (non-hydrogen) atoms. The number of aryl methyl sites for hydroxylation is 2. The lowest BCUT2D eigenvalue weighted by atomic mass is 10.0. The highest BCUT2D eigenvalue weighted by molar-refractivity contribution is 6.31. The van der Waals surface area contributed by atoms with Gasteiger partial charge in [0.25, 0.3) is 11.8 Å². The average molecular weight is 531 g/mol. The number of methoxy groups -OCH3 is 1. The molecular formula is C30H27ClN2O5. The number of halogens is 1. The second kappa shape index (κ2) is 11.4. The summed E-state index contributed by atoms with van der Waals surface area (Å²) >= 11 is 5.94. The van der Waals surface area contributed by atoms with Crippen LogP contribution < -0.4 is 15.0 Å². The molecule has 0 radical (unpaired) electrons. The molecule has 7 nitrogen and oxygen atoms in total. The number of hydrogen-bond acceptors (Lipinski definition) is 5. The van der Waals surface area contributed by atoms with E-state index in [0.29, 0.717) is 33.4 Å². The maximum absolute atomic E-state index is 13.5. The molecule has 0 fully saturated rings. The number of hydrogen-bond donors (Lipinski definition) is 1. The minimum absolute atomic E-state index is 0.190. The van der Waals surface area contributed by atoms with Gasteiger partial charge in [0.2, 0.25) is 0 Å². The number of ether oxygens (including phenoxy) is 2. The maximum atomic E-state index is 13.5. The van der Waals surface area contributed by atoms with Crippen LogP contribution in [0.1, 0.15) is 23.6 Å². The number of nitrogens with zero attached hydrogens (tertiary/aromatic N) is 1. The number of allylic oxidation sites excluding steroid dienone is 1. The minimum Gasteiger partial charge on any atom is -0.484 e. The first-order valence-electron chi connectivity index (χ1n) is 11.9. The van der Waals surface area contributed by atoms with Gasteiger partial charge in [-0.15, -0.1) is 0 Å². The molecule has 8 heteroatoms. The van der Waals surface area contributed by atoms with Gasteiger partial charge in [-0.1, -0.05) is 35.9 Å². The van der Waals surface area contributed by atoms with Gasteiger partial charge in [-0.25, -0.2) is 4.79 Å². The smallest absolute Gasteiger partial charge is 0.340 e. The standard InChI is InChI=1S/C30H27ClN2O5/c1-18-8-11-24(14-19(18)2)33-20(3)28(30(36)37-4)26(29(33)35)15-21-9-12-25(13-10-21)38-17-27(34)32-23-7-5-6-22(31)16-23/h5-16H,17H2,1-4H3,(H,32,34)/b26-15-. The Balaban J connectivity index is 1.52. The molecule has 0 unspecified atom stereocenters. The molecule has 0 aromatic heterocycles. The summed E-state index contributed by atoms with van der Waals surface area (Å²) in [5.41, 5.74) is 5.04. The van der Waals surface area contributed by atoms with Gasteiger partial charge in [-0.05, 0) is 86.0 Å². The van der Waals surface area contributed by atoms with Crippen molar-refractivity contribution in [2.45, 2.75) is 20.8 Å². The van der Waals surface area contributed by atoms with Crippen molar-refractivity contribution in [1.29, 1.82) is 0 Å². The fourth-order valence-corrected chi connectivity index (χ4v) is 4.29. The van der Waals surface area contributed by atoms with Crippen LogP contribution in [0.3, 0.4) is 0 Å². The summed E-state index contributed by atoms with van der Waals surface area (Å²) in [6.45, 7) is 5.51. The van der Waals surface area contributed by atoms with Gasteiger partial charge in [-0.2, -0.15) is 0 Å². The number of esters is 1. The lowest BCUT2D eigenvalue weighted by Crippen LogP contribution is -2.24. The van der Waals surface area contributed by atoms with E-state index in [-0.39, 0.29) is 29.6 Å². The van der Waals surface area contributed by atoms with Crippen LogP contribution in [0.15, 0.2) is 83.6 Å². The Morgan fingerprint density at radius 2 is 1.71 bits per heavy atom. The zero-order valence-electron chi connectivity index (χ0n) is 21.5. The van der Waals surface area contributed by atoms with E-state index in [4.69, 9.17) is 21.1 Å². The van der Waals surface area contributed by atoms with Crippen molar-refractivity contribution < 1.29 is 23.9 Å². The summed E-state index contributed by atoms with van der Waals surface area (Å²) in [5.74, 6) is -0.754. The zero-order chi connectivity index (χ0) is 27.4. The number of benzene rings is 3. The first-order valence-corrected chi connectivity index (χ1v) is 12.3. The van der Waals surface area contributed by atoms with Crippen molar-refractivity contribution in [3.63, 3.8) is 0 Å². The topological polar surface area (TPSA) is 84.9 Å². The van der Waals surface area contributed by atoms with Crippen LogP contribution >= 0.6 is 11.6 Å². The molecule has 0 saturated heterocycles. The Morgan fingerprint density at radius 1 is 0.974 bits per heavy atom. The molecule has 0 saturated carbocycles. The van der Waals surface area contributed by atoms with Crippen LogP contribution in [0.2, 0.25) is 5.02 Å². The number of nitrogens with one attached hydrogen (secondary N) is 1. The van der Waals surface area contributed by atoms with E-state index in [0.717, 1.165) is 11.1 Å². The summed E-state index contributed by atoms with van der Waals surface area (Å²) in [7, 11) is 1.29. The fraction of sp³-hybridized carbons (Fsp3) is 0.167. The van der Waals surface area contributed by atoms with Gasteiger partial charge in [0.1, 0.15) is 5.75 Å². The lowest BCUT2D eigenvalue weighted by molar-refractivity contribution is -0.136. The van der Waals surface area contributed by atoms with E-state index in [1.807, 2.05) is 32.0 Å². The Labute approximate surface area is 226 Å². The third kappa shape index (κ3) is 5.79. The van der Waals surface area contributed by atoms with Crippen LogP contribution in [-0.4, -0.2) is 31.5 Å². The number of carbonyl (C=O) groups is 3. The lowest BCUT2D eigenvalue weighted by Gasteiger charge is -2.19. The molecule has 0 atom stereocenters. The zero-order valence-corrected chi connectivity index (χ0v) is 22.3. The number of amides is 2. The van der Waals surface area contributed by atoms with Crippen molar-refractivity contribution in [3.05, 3.63) is 105 Å². The molecule has 1 N–H and O–H groups in total. The Bertz CT molecular complexity index is 1470. The molecule has 194 valence electrons. The fourth-order valence-electron chi connectivity index (χ4n) is 4.09. The molecule has 0 aliphatic carbocycles. The third-order valence-electron chi connectivity index (χ3n) is 6.21. The summed E-state index contributed by atoms with van der Waals surface area (Å²) in [4.78, 5) is 39.9. The molecule has 3 aromatic rings. The van der Waals surface area contributed by atoms with Crippen LogP contribution in [0, 0.1) is 13.8 Å². The molecule has 0 bridgehead atoms. The molecule has 1 heterocycles. The first-order chi connectivity index (χ1) is 18.2. The summed E-state index contributed by atoms with van der Waals surface area (Å²) in [6, 6.07) is 19.4. The highest BCUT2D eigenvalue weighted by atomic mass is 35.5. The van der Waals surface area contributed by atoms with Crippen molar-refractivity contribution in [1.82, 2.24) is 0 Å². The molecule has 3 aromatic carbocycles. The molecular weight excluding hydrogens is 504 g/mol. The van der Waals surface area contributed by atoms with Crippen molar-refractivity contribution in [2.75, 3.05) is 23.9 Å². The first kappa shape index (κ1) is 26.7. The SMILES string of the molecule is COC(=O)C1=C(C)N(c2ccc(C)c(C)c2)C(=O)/C1=C\c1ccc(OCC(=O)Nc2cccc(Cl)c2)cc1. The molecule has 2 amide bonds.